The van der Waals surface area contributed by atoms with Crippen LogP contribution in [-0.4, -0.2) is 43.8 Å². The quantitative estimate of drug-likeness (QED) is 0.801. The van der Waals surface area contributed by atoms with Gasteiger partial charge in [-0.2, -0.15) is 5.26 Å². The highest BCUT2D eigenvalue weighted by molar-refractivity contribution is 5.31. The number of nitrogens with zero attached hydrogens (tertiary/aromatic N) is 2. The van der Waals surface area contributed by atoms with Crippen LogP contribution in [0.15, 0.2) is 24.3 Å². The molecule has 0 aromatic heterocycles. The van der Waals surface area contributed by atoms with E-state index in [1.165, 1.54) is 18.4 Å². The molecule has 126 valence electrons. The number of benzene rings is 1. The van der Waals surface area contributed by atoms with E-state index in [1.54, 1.807) is 0 Å². The van der Waals surface area contributed by atoms with Crippen molar-refractivity contribution in [3.05, 3.63) is 35.4 Å². The van der Waals surface area contributed by atoms with E-state index in [4.69, 9.17) is 10.00 Å². The van der Waals surface area contributed by atoms with Gasteiger partial charge in [0.1, 0.15) is 0 Å². The lowest BCUT2D eigenvalue weighted by Gasteiger charge is -2.39. The minimum absolute atomic E-state index is 0.576. The van der Waals surface area contributed by atoms with Gasteiger partial charge in [0.05, 0.1) is 24.8 Å². The summed E-state index contributed by atoms with van der Waals surface area (Å²) in [7, 11) is 0. The predicted octanol–water partition coefficient (Wildman–Crippen LogP) is 2.78. The van der Waals surface area contributed by atoms with Gasteiger partial charge in [0.15, 0.2) is 0 Å². The average molecular weight is 315 g/mol. The van der Waals surface area contributed by atoms with E-state index < -0.39 is 0 Å². The van der Waals surface area contributed by atoms with Crippen molar-refractivity contribution in [1.29, 1.82) is 5.26 Å². The summed E-state index contributed by atoms with van der Waals surface area (Å²) in [6.07, 6.45) is 2.44. The lowest BCUT2D eigenvalue weighted by atomic mass is 9.92. The van der Waals surface area contributed by atoms with Gasteiger partial charge in [-0.15, -0.1) is 0 Å². The zero-order valence-corrected chi connectivity index (χ0v) is 14.4. The molecule has 0 amide bonds. The standard InChI is InChI=1S/C19H29N3O/c1-3-18(4-2)19(22-9-11-23-12-10-22)15-21-14-17-7-5-16(13-20)6-8-17/h5-8,18-19,21H,3-4,9-12,14-15H2,1-2H3. The average Bonchev–Trinajstić information content (AvgIpc) is 2.62. The zero-order valence-electron chi connectivity index (χ0n) is 14.4. The Hall–Kier alpha value is -1.41. The van der Waals surface area contributed by atoms with Crippen LogP contribution in [0.5, 0.6) is 0 Å². The molecule has 0 saturated carbocycles. The molecular formula is C19H29N3O. The third-order valence-corrected chi connectivity index (χ3v) is 4.87. The molecule has 2 rings (SSSR count). The molecule has 1 saturated heterocycles. The van der Waals surface area contributed by atoms with Gasteiger partial charge in [0.2, 0.25) is 0 Å². The Morgan fingerprint density at radius 1 is 1.17 bits per heavy atom. The Bertz CT molecular complexity index is 484. The summed E-state index contributed by atoms with van der Waals surface area (Å²) in [5.74, 6) is 0.724. The Morgan fingerprint density at radius 3 is 2.39 bits per heavy atom. The van der Waals surface area contributed by atoms with Crippen molar-refractivity contribution in [2.75, 3.05) is 32.8 Å². The van der Waals surface area contributed by atoms with E-state index in [2.05, 4.69) is 30.1 Å². The highest BCUT2D eigenvalue weighted by Gasteiger charge is 2.26. The minimum Gasteiger partial charge on any atom is -0.379 e. The Labute approximate surface area is 140 Å². The Balaban J connectivity index is 1.90. The van der Waals surface area contributed by atoms with Gasteiger partial charge in [-0.25, -0.2) is 0 Å². The van der Waals surface area contributed by atoms with Crippen molar-refractivity contribution in [1.82, 2.24) is 10.2 Å². The monoisotopic (exact) mass is 315 g/mol. The van der Waals surface area contributed by atoms with Crippen LogP contribution in [0.25, 0.3) is 0 Å². The van der Waals surface area contributed by atoms with Crippen LogP contribution >= 0.6 is 0 Å². The van der Waals surface area contributed by atoms with Crippen LogP contribution in [-0.2, 0) is 11.3 Å². The van der Waals surface area contributed by atoms with Crippen molar-refractivity contribution >= 4 is 0 Å². The number of rotatable bonds is 8. The van der Waals surface area contributed by atoms with E-state index in [9.17, 15) is 0 Å². The summed E-state index contributed by atoms with van der Waals surface area (Å²) in [4.78, 5) is 2.59. The normalized spacial score (nSPS) is 17.1. The fourth-order valence-corrected chi connectivity index (χ4v) is 3.40. The number of ether oxygens (including phenoxy) is 1. The fraction of sp³-hybridized carbons (Fsp3) is 0.632. The molecule has 1 aromatic rings. The lowest BCUT2D eigenvalue weighted by molar-refractivity contribution is 0.00161. The molecule has 0 spiro atoms. The summed E-state index contributed by atoms with van der Waals surface area (Å²) in [6.45, 7) is 10.2. The molecule has 1 atom stereocenters. The van der Waals surface area contributed by atoms with Crippen molar-refractivity contribution in [3.8, 4) is 6.07 Å². The predicted molar refractivity (Wildman–Crippen MR) is 93.1 cm³/mol. The van der Waals surface area contributed by atoms with Crippen molar-refractivity contribution in [2.24, 2.45) is 5.92 Å². The fourth-order valence-electron chi connectivity index (χ4n) is 3.40. The van der Waals surface area contributed by atoms with Gasteiger partial charge in [0.25, 0.3) is 0 Å². The van der Waals surface area contributed by atoms with Crippen LogP contribution in [0.1, 0.15) is 37.8 Å². The largest absolute Gasteiger partial charge is 0.379 e. The van der Waals surface area contributed by atoms with Gasteiger partial charge in [-0.1, -0.05) is 38.8 Å². The maximum atomic E-state index is 8.86. The number of nitrogens with one attached hydrogen (secondary N) is 1. The number of nitriles is 1. The van der Waals surface area contributed by atoms with E-state index in [-0.39, 0.29) is 0 Å². The van der Waals surface area contributed by atoms with Gasteiger partial charge >= 0.3 is 0 Å². The Morgan fingerprint density at radius 2 is 1.83 bits per heavy atom. The van der Waals surface area contributed by atoms with Crippen LogP contribution in [0.3, 0.4) is 0 Å². The van der Waals surface area contributed by atoms with Crippen molar-refractivity contribution in [2.45, 2.75) is 39.3 Å². The van der Waals surface area contributed by atoms with Gasteiger partial charge in [-0.05, 0) is 23.6 Å². The molecule has 0 bridgehead atoms. The highest BCUT2D eigenvalue weighted by atomic mass is 16.5. The minimum atomic E-state index is 0.576. The van der Waals surface area contributed by atoms with E-state index in [1.807, 2.05) is 24.3 Å². The van der Waals surface area contributed by atoms with Gasteiger partial charge < -0.3 is 10.1 Å². The molecule has 1 unspecified atom stereocenters. The number of hydrogen-bond donors (Lipinski definition) is 1. The molecule has 23 heavy (non-hydrogen) atoms. The highest BCUT2D eigenvalue weighted by Crippen LogP contribution is 2.19. The topological polar surface area (TPSA) is 48.3 Å². The van der Waals surface area contributed by atoms with Crippen LogP contribution < -0.4 is 5.32 Å². The summed E-state index contributed by atoms with van der Waals surface area (Å²) in [5.41, 5.74) is 1.95. The first-order chi connectivity index (χ1) is 11.3. The summed E-state index contributed by atoms with van der Waals surface area (Å²) >= 11 is 0. The SMILES string of the molecule is CCC(CC)C(CNCc1ccc(C#N)cc1)N1CCOCC1. The summed E-state index contributed by atoms with van der Waals surface area (Å²) < 4.78 is 5.50. The molecule has 1 fully saturated rings. The third-order valence-electron chi connectivity index (χ3n) is 4.87. The molecule has 1 aliphatic rings. The molecule has 1 N–H and O–H groups in total. The van der Waals surface area contributed by atoms with E-state index in [0.717, 1.165) is 50.9 Å². The molecule has 4 heteroatoms. The van der Waals surface area contributed by atoms with Gasteiger partial charge in [-0.3, -0.25) is 4.90 Å². The molecule has 1 aromatic carbocycles. The maximum absolute atomic E-state index is 8.86. The number of morpholine rings is 1. The molecular weight excluding hydrogens is 286 g/mol. The summed E-state index contributed by atoms with van der Waals surface area (Å²) in [6, 6.07) is 10.6. The molecule has 0 radical (unpaired) electrons. The second kappa shape index (κ2) is 9.67. The first-order valence-electron chi connectivity index (χ1n) is 8.80. The molecule has 4 nitrogen and oxygen atoms in total. The van der Waals surface area contributed by atoms with E-state index in [0.29, 0.717) is 6.04 Å². The molecule has 1 heterocycles. The third kappa shape index (κ3) is 5.31. The second-order valence-electron chi connectivity index (χ2n) is 6.23. The van der Waals surface area contributed by atoms with Crippen LogP contribution in [0, 0.1) is 17.2 Å². The zero-order chi connectivity index (χ0) is 16.5. The summed E-state index contributed by atoms with van der Waals surface area (Å²) in [5, 5.41) is 12.5. The van der Waals surface area contributed by atoms with Crippen LogP contribution in [0.4, 0.5) is 0 Å². The van der Waals surface area contributed by atoms with Crippen molar-refractivity contribution < 1.29 is 4.74 Å². The van der Waals surface area contributed by atoms with Crippen molar-refractivity contribution in [3.63, 3.8) is 0 Å². The molecule has 0 aliphatic carbocycles. The first kappa shape index (κ1) is 17.9. The smallest absolute Gasteiger partial charge is 0.0991 e. The second-order valence-corrected chi connectivity index (χ2v) is 6.23. The van der Waals surface area contributed by atoms with Crippen LogP contribution in [0.2, 0.25) is 0 Å². The Kier molecular flexibility index (Phi) is 7.54. The first-order valence-corrected chi connectivity index (χ1v) is 8.80. The van der Waals surface area contributed by atoms with Gasteiger partial charge in [0, 0.05) is 32.2 Å². The lowest BCUT2D eigenvalue weighted by Crippen LogP contribution is -2.51. The number of hydrogen-bond acceptors (Lipinski definition) is 4. The van der Waals surface area contributed by atoms with E-state index >= 15 is 0 Å². The maximum Gasteiger partial charge on any atom is 0.0991 e. The molecule has 1 aliphatic heterocycles.